The molecule has 0 spiro atoms. The van der Waals surface area contributed by atoms with E-state index in [0.29, 0.717) is 6.04 Å². The summed E-state index contributed by atoms with van der Waals surface area (Å²) in [6.45, 7) is 3.84. The first-order valence-corrected chi connectivity index (χ1v) is 6.11. The normalized spacial score (nSPS) is 15.0. The van der Waals surface area contributed by atoms with Gasteiger partial charge in [-0.3, -0.25) is 14.0 Å². The second-order valence-corrected chi connectivity index (χ2v) is 4.96. The Bertz CT molecular complexity index is 664. The minimum atomic E-state index is -0.181. The Labute approximate surface area is 105 Å². The Balaban J connectivity index is 2.17. The first-order valence-electron chi connectivity index (χ1n) is 6.11. The molecule has 0 radical (unpaired) electrons. The van der Waals surface area contributed by atoms with Crippen LogP contribution in [-0.4, -0.2) is 14.3 Å². The Morgan fingerprint density at radius 2 is 2.06 bits per heavy atom. The summed E-state index contributed by atoms with van der Waals surface area (Å²) < 4.78 is 3.54. The van der Waals surface area contributed by atoms with Crippen molar-refractivity contribution in [1.29, 1.82) is 0 Å². The third kappa shape index (κ3) is 1.72. The zero-order valence-electron chi connectivity index (χ0n) is 10.6. The van der Waals surface area contributed by atoms with Crippen LogP contribution in [0, 0.1) is 13.8 Å². The number of aromatic nitrogens is 3. The lowest BCUT2D eigenvalue weighted by atomic mass is 10.2. The van der Waals surface area contributed by atoms with Gasteiger partial charge < -0.3 is 5.73 Å². The summed E-state index contributed by atoms with van der Waals surface area (Å²) >= 11 is 0. The van der Waals surface area contributed by atoms with Gasteiger partial charge in [0.1, 0.15) is 0 Å². The highest BCUT2D eigenvalue weighted by molar-refractivity contribution is 5.43. The molecule has 2 heterocycles. The monoisotopic (exact) mass is 244 g/mol. The molecular formula is C13H16N4O. The van der Waals surface area contributed by atoms with E-state index in [4.69, 9.17) is 5.73 Å². The molecular weight excluding hydrogens is 228 g/mol. The Morgan fingerprint density at radius 3 is 2.72 bits per heavy atom. The summed E-state index contributed by atoms with van der Waals surface area (Å²) in [5.41, 5.74) is 8.46. The van der Waals surface area contributed by atoms with E-state index in [9.17, 15) is 4.79 Å². The predicted octanol–water partition coefficient (Wildman–Crippen LogP) is 1.57. The summed E-state index contributed by atoms with van der Waals surface area (Å²) in [4.78, 5) is 12.1. The molecule has 1 fully saturated rings. The molecule has 1 aliphatic rings. The Kier molecular flexibility index (Phi) is 2.29. The highest BCUT2D eigenvalue weighted by atomic mass is 16.1. The van der Waals surface area contributed by atoms with Gasteiger partial charge in [0.05, 0.1) is 23.1 Å². The lowest BCUT2D eigenvalue weighted by molar-refractivity contribution is 0.635. The topological polar surface area (TPSA) is 65.8 Å². The number of hydrogen-bond acceptors (Lipinski definition) is 3. The van der Waals surface area contributed by atoms with Crippen LogP contribution in [0.25, 0.3) is 5.69 Å². The van der Waals surface area contributed by atoms with E-state index in [1.54, 1.807) is 16.8 Å². The minimum absolute atomic E-state index is 0.181. The molecule has 0 aliphatic heterocycles. The van der Waals surface area contributed by atoms with E-state index in [-0.39, 0.29) is 11.2 Å². The van der Waals surface area contributed by atoms with E-state index in [1.807, 2.05) is 24.7 Å². The largest absolute Gasteiger partial charge is 0.394 e. The molecule has 5 nitrogen and oxygen atoms in total. The molecule has 18 heavy (non-hydrogen) atoms. The zero-order chi connectivity index (χ0) is 12.9. The van der Waals surface area contributed by atoms with Crippen LogP contribution < -0.4 is 11.3 Å². The Morgan fingerprint density at radius 1 is 1.33 bits per heavy atom. The van der Waals surface area contributed by atoms with E-state index < -0.39 is 0 Å². The van der Waals surface area contributed by atoms with Crippen molar-refractivity contribution >= 4 is 5.69 Å². The van der Waals surface area contributed by atoms with Crippen LogP contribution in [0.4, 0.5) is 5.69 Å². The first-order chi connectivity index (χ1) is 8.56. The maximum Gasteiger partial charge on any atom is 0.278 e. The first kappa shape index (κ1) is 11.1. The quantitative estimate of drug-likeness (QED) is 0.872. The molecule has 2 N–H and O–H groups in total. The number of pyridine rings is 1. The second kappa shape index (κ2) is 3.73. The number of nitrogens with two attached hydrogens (primary N) is 1. The van der Waals surface area contributed by atoms with Crippen molar-refractivity contribution in [3.05, 3.63) is 40.1 Å². The molecule has 1 aliphatic carbocycles. The van der Waals surface area contributed by atoms with Crippen LogP contribution in [0.3, 0.4) is 0 Å². The van der Waals surface area contributed by atoms with E-state index in [0.717, 1.165) is 16.9 Å². The average Bonchev–Trinajstić information content (AvgIpc) is 3.08. The summed E-state index contributed by atoms with van der Waals surface area (Å²) in [7, 11) is 0. The van der Waals surface area contributed by atoms with Crippen molar-refractivity contribution in [1.82, 2.24) is 14.3 Å². The summed E-state index contributed by atoms with van der Waals surface area (Å²) in [6, 6.07) is 2.20. The van der Waals surface area contributed by atoms with Crippen molar-refractivity contribution in [3.8, 4) is 5.69 Å². The highest BCUT2D eigenvalue weighted by Gasteiger charge is 2.25. The molecule has 94 valence electrons. The average molecular weight is 244 g/mol. The van der Waals surface area contributed by atoms with Crippen molar-refractivity contribution in [2.45, 2.75) is 32.7 Å². The van der Waals surface area contributed by atoms with Crippen molar-refractivity contribution < 1.29 is 0 Å². The van der Waals surface area contributed by atoms with Gasteiger partial charge in [-0.2, -0.15) is 5.10 Å². The molecule has 2 aromatic heterocycles. The predicted molar refractivity (Wildman–Crippen MR) is 70.0 cm³/mol. The van der Waals surface area contributed by atoms with Crippen molar-refractivity contribution in [2.24, 2.45) is 0 Å². The van der Waals surface area contributed by atoms with Gasteiger partial charge in [-0.05, 0) is 38.3 Å². The minimum Gasteiger partial charge on any atom is -0.394 e. The van der Waals surface area contributed by atoms with Gasteiger partial charge in [-0.15, -0.1) is 0 Å². The smallest absolute Gasteiger partial charge is 0.278 e. The van der Waals surface area contributed by atoms with Gasteiger partial charge in [0.2, 0.25) is 0 Å². The Hall–Kier alpha value is -2.04. The van der Waals surface area contributed by atoms with E-state index in [2.05, 4.69) is 5.10 Å². The van der Waals surface area contributed by atoms with Crippen molar-refractivity contribution in [2.75, 3.05) is 5.73 Å². The lowest BCUT2D eigenvalue weighted by Gasteiger charge is -2.06. The van der Waals surface area contributed by atoms with E-state index >= 15 is 0 Å². The number of nitrogen functional groups attached to an aromatic ring is 1. The third-order valence-corrected chi connectivity index (χ3v) is 3.25. The molecule has 1 saturated carbocycles. The maximum absolute atomic E-state index is 12.1. The molecule has 5 heteroatoms. The molecule has 3 rings (SSSR count). The molecule has 0 saturated heterocycles. The fraction of sp³-hybridized carbons (Fsp3) is 0.385. The molecule has 0 aromatic carbocycles. The lowest BCUT2D eigenvalue weighted by Crippen LogP contribution is -2.21. The van der Waals surface area contributed by atoms with Crippen LogP contribution in [0.15, 0.2) is 23.3 Å². The van der Waals surface area contributed by atoms with Gasteiger partial charge in [0, 0.05) is 12.4 Å². The van der Waals surface area contributed by atoms with Gasteiger partial charge in [0.15, 0.2) is 0 Å². The number of aryl methyl sites for hydroxylation is 2. The number of rotatable bonds is 2. The van der Waals surface area contributed by atoms with Gasteiger partial charge in [-0.1, -0.05) is 0 Å². The van der Waals surface area contributed by atoms with Gasteiger partial charge >= 0.3 is 0 Å². The maximum atomic E-state index is 12.1. The molecule has 0 unspecified atom stereocenters. The number of anilines is 1. The molecule has 0 bridgehead atoms. The molecule has 2 aromatic rings. The highest BCUT2D eigenvalue weighted by Crippen LogP contribution is 2.34. The van der Waals surface area contributed by atoms with Gasteiger partial charge in [-0.25, -0.2) is 0 Å². The third-order valence-electron chi connectivity index (χ3n) is 3.25. The zero-order valence-corrected chi connectivity index (χ0v) is 10.6. The SMILES string of the molecule is Cc1cc(N)c(=O)n(-c2cn(C3CC3)nc2C)c1. The fourth-order valence-electron chi connectivity index (χ4n) is 2.16. The van der Waals surface area contributed by atoms with Crippen LogP contribution in [0.5, 0.6) is 0 Å². The summed E-state index contributed by atoms with van der Waals surface area (Å²) in [5.74, 6) is 0. The fourth-order valence-corrected chi connectivity index (χ4v) is 2.16. The van der Waals surface area contributed by atoms with E-state index in [1.165, 1.54) is 12.8 Å². The molecule has 0 amide bonds. The van der Waals surface area contributed by atoms with Crippen LogP contribution in [-0.2, 0) is 0 Å². The number of hydrogen-bond donors (Lipinski definition) is 1. The summed E-state index contributed by atoms with van der Waals surface area (Å²) in [6.07, 6.45) is 6.09. The second-order valence-electron chi connectivity index (χ2n) is 4.96. The standard InChI is InChI=1S/C13H16N4O/c1-8-5-11(14)13(18)16(6-8)12-7-17(10-3-4-10)15-9(12)2/h5-7,10H,3-4,14H2,1-2H3. The van der Waals surface area contributed by atoms with Crippen LogP contribution in [0.1, 0.15) is 30.1 Å². The van der Waals surface area contributed by atoms with Crippen LogP contribution >= 0.6 is 0 Å². The van der Waals surface area contributed by atoms with Crippen LogP contribution in [0.2, 0.25) is 0 Å². The molecule has 0 atom stereocenters. The van der Waals surface area contributed by atoms with Gasteiger partial charge in [0.25, 0.3) is 5.56 Å². The van der Waals surface area contributed by atoms with Crippen molar-refractivity contribution in [3.63, 3.8) is 0 Å². The number of nitrogens with zero attached hydrogens (tertiary/aromatic N) is 3. The summed E-state index contributed by atoms with van der Waals surface area (Å²) in [5, 5.41) is 4.47.